The van der Waals surface area contributed by atoms with E-state index in [9.17, 15) is 13.6 Å². The zero-order valence-electron chi connectivity index (χ0n) is 19.6. The van der Waals surface area contributed by atoms with Crippen molar-refractivity contribution in [3.63, 3.8) is 0 Å². The molecule has 35 heavy (non-hydrogen) atoms. The molecule has 4 heterocycles. The van der Waals surface area contributed by atoms with Crippen LogP contribution < -0.4 is 25.0 Å². The first-order valence-electron chi connectivity index (χ1n) is 11.7. The van der Waals surface area contributed by atoms with Crippen LogP contribution in [-0.4, -0.2) is 66.4 Å². The third kappa shape index (κ3) is 4.60. The summed E-state index contributed by atoms with van der Waals surface area (Å²) in [5.74, 6) is 0.638. The fourth-order valence-electron chi connectivity index (χ4n) is 4.64. The smallest absolute Gasteiger partial charge is 0.320 e. The highest BCUT2D eigenvalue weighted by atomic mass is 19.3. The van der Waals surface area contributed by atoms with Crippen LogP contribution in [0.1, 0.15) is 19.9 Å². The van der Waals surface area contributed by atoms with E-state index in [0.29, 0.717) is 29.9 Å². The quantitative estimate of drug-likeness (QED) is 0.531. The van der Waals surface area contributed by atoms with Crippen molar-refractivity contribution in [1.82, 2.24) is 25.2 Å². The Bertz CT molecular complexity index is 1230. The van der Waals surface area contributed by atoms with Gasteiger partial charge in [0.1, 0.15) is 23.7 Å². The van der Waals surface area contributed by atoms with Crippen LogP contribution in [0.15, 0.2) is 30.6 Å². The topological polar surface area (TPSA) is 93.5 Å². The summed E-state index contributed by atoms with van der Waals surface area (Å²) >= 11 is 0. The van der Waals surface area contributed by atoms with E-state index in [1.54, 1.807) is 13.2 Å². The standard InChI is InChI=1S/C24H28F2N6O3/c1-14(16-10-21(33)28-12-16)35-23-22-18(29-13-32(22)24(25)26)11-17(30-23)15-3-4-19(20(9-15)34-2)31-7-5-27-6-8-31/h3-4,9,11,13-14,16,24,27H,5-8,10,12H2,1-2H3,(H,28,33)/t14-,16?/m1/s1. The number of nitrogens with one attached hydrogen (secondary N) is 2. The van der Waals surface area contributed by atoms with E-state index < -0.39 is 12.7 Å². The Morgan fingerprint density at radius 3 is 2.69 bits per heavy atom. The molecule has 1 amide bonds. The van der Waals surface area contributed by atoms with E-state index in [0.717, 1.165) is 48.3 Å². The summed E-state index contributed by atoms with van der Waals surface area (Å²) in [5, 5.41) is 6.12. The molecule has 2 aliphatic heterocycles. The average molecular weight is 487 g/mol. The van der Waals surface area contributed by atoms with Gasteiger partial charge in [-0.1, -0.05) is 6.07 Å². The number of amides is 1. The fourth-order valence-corrected chi connectivity index (χ4v) is 4.64. The number of carbonyl (C=O) groups excluding carboxylic acids is 1. The zero-order valence-corrected chi connectivity index (χ0v) is 19.6. The number of hydrogen-bond donors (Lipinski definition) is 2. The Labute approximate surface area is 201 Å². The van der Waals surface area contributed by atoms with Gasteiger partial charge in [-0.15, -0.1) is 0 Å². The molecule has 0 radical (unpaired) electrons. The molecule has 186 valence electrons. The molecule has 2 aliphatic rings. The van der Waals surface area contributed by atoms with E-state index in [1.165, 1.54) is 0 Å². The SMILES string of the molecule is COc1cc(-c2cc3ncn(C(F)F)c3c(O[C@H](C)C3CNC(=O)C3)n2)ccc1N1CCNCC1. The molecule has 0 saturated carbocycles. The normalized spacial score (nSPS) is 19.3. The number of anilines is 1. The van der Waals surface area contributed by atoms with Crippen molar-refractivity contribution in [3.05, 3.63) is 30.6 Å². The van der Waals surface area contributed by atoms with E-state index in [2.05, 4.69) is 25.5 Å². The number of rotatable bonds is 7. The first-order valence-corrected chi connectivity index (χ1v) is 11.7. The minimum Gasteiger partial charge on any atom is -0.495 e. The number of hydrogen-bond acceptors (Lipinski definition) is 7. The van der Waals surface area contributed by atoms with Crippen molar-refractivity contribution in [2.75, 3.05) is 44.7 Å². The van der Waals surface area contributed by atoms with Gasteiger partial charge < -0.3 is 25.0 Å². The number of benzene rings is 1. The Kier molecular flexibility index (Phi) is 6.42. The Morgan fingerprint density at radius 1 is 1.20 bits per heavy atom. The molecule has 11 heteroatoms. The number of pyridine rings is 1. The summed E-state index contributed by atoms with van der Waals surface area (Å²) in [6, 6.07) is 7.49. The van der Waals surface area contributed by atoms with Crippen molar-refractivity contribution < 1.29 is 23.0 Å². The van der Waals surface area contributed by atoms with Crippen molar-refractivity contribution in [1.29, 1.82) is 0 Å². The van der Waals surface area contributed by atoms with Crippen LogP contribution in [0.2, 0.25) is 0 Å². The van der Waals surface area contributed by atoms with Gasteiger partial charge in [-0.3, -0.25) is 9.36 Å². The minimum absolute atomic E-state index is 0.0494. The van der Waals surface area contributed by atoms with Crippen molar-refractivity contribution in [2.45, 2.75) is 26.0 Å². The lowest BCUT2D eigenvalue weighted by Crippen LogP contribution is -2.43. The first kappa shape index (κ1) is 23.3. The van der Waals surface area contributed by atoms with Crippen LogP contribution in [0.25, 0.3) is 22.3 Å². The van der Waals surface area contributed by atoms with E-state index in [1.807, 2.05) is 25.1 Å². The van der Waals surface area contributed by atoms with Crippen LogP contribution in [0.3, 0.4) is 0 Å². The van der Waals surface area contributed by atoms with Crippen molar-refractivity contribution >= 4 is 22.6 Å². The van der Waals surface area contributed by atoms with Gasteiger partial charge in [0, 0.05) is 50.6 Å². The molecule has 9 nitrogen and oxygen atoms in total. The van der Waals surface area contributed by atoms with Gasteiger partial charge in [0.2, 0.25) is 11.8 Å². The number of piperazine rings is 1. The van der Waals surface area contributed by atoms with E-state index >= 15 is 0 Å². The van der Waals surface area contributed by atoms with Crippen LogP contribution in [0, 0.1) is 5.92 Å². The van der Waals surface area contributed by atoms with Crippen molar-refractivity contribution in [3.8, 4) is 22.9 Å². The monoisotopic (exact) mass is 486 g/mol. The maximum Gasteiger partial charge on any atom is 0.320 e. The summed E-state index contributed by atoms with van der Waals surface area (Å²) in [4.78, 5) is 22.7. The number of alkyl halides is 2. The summed E-state index contributed by atoms with van der Waals surface area (Å²) in [6.07, 6.45) is 1.00. The van der Waals surface area contributed by atoms with Crippen molar-refractivity contribution in [2.24, 2.45) is 5.92 Å². The zero-order chi connectivity index (χ0) is 24.5. The lowest BCUT2D eigenvalue weighted by Gasteiger charge is -2.30. The number of halogens is 2. The lowest BCUT2D eigenvalue weighted by atomic mass is 10.0. The predicted molar refractivity (Wildman–Crippen MR) is 127 cm³/mol. The first-order chi connectivity index (χ1) is 16.9. The van der Waals surface area contributed by atoms with Crippen LogP contribution >= 0.6 is 0 Å². The number of imidazole rings is 1. The summed E-state index contributed by atoms with van der Waals surface area (Å²) in [5.41, 5.74) is 2.75. The van der Waals surface area contributed by atoms with Gasteiger partial charge in [0.25, 0.3) is 0 Å². The number of carbonyl (C=O) groups is 1. The molecule has 1 aromatic carbocycles. The molecule has 2 aromatic heterocycles. The molecular weight excluding hydrogens is 458 g/mol. The highest BCUT2D eigenvalue weighted by Gasteiger charge is 2.30. The fraction of sp³-hybridized carbons (Fsp3) is 0.458. The molecule has 1 unspecified atom stereocenters. The van der Waals surface area contributed by atoms with E-state index in [-0.39, 0.29) is 23.2 Å². The average Bonchev–Trinajstić information content (AvgIpc) is 3.51. The molecule has 0 spiro atoms. The summed E-state index contributed by atoms with van der Waals surface area (Å²) in [6.45, 7) is 3.05. The number of nitrogens with zero attached hydrogens (tertiary/aromatic N) is 4. The third-order valence-electron chi connectivity index (χ3n) is 6.63. The lowest BCUT2D eigenvalue weighted by molar-refractivity contribution is -0.119. The van der Waals surface area contributed by atoms with Gasteiger partial charge >= 0.3 is 6.55 Å². The van der Waals surface area contributed by atoms with Gasteiger partial charge in [0.15, 0.2) is 0 Å². The largest absolute Gasteiger partial charge is 0.495 e. The third-order valence-corrected chi connectivity index (χ3v) is 6.63. The molecule has 3 aromatic rings. The molecule has 2 atom stereocenters. The van der Waals surface area contributed by atoms with Crippen LogP contribution in [-0.2, 0) is 4.79 Å². The Balaban J connectivity index is 1.53. The summed E-state index contributed by atoms with van der Waals surface area (Å²) < 4.78 is 39.9. The molecular formula is C24H28F2N6O3. The Hall–Kier alpha value is -3.47. The maximum atomic E-state index is 13.7. The second kappa shape index (κ2) is 9.65. The molecule has 0 aliphatic carbocycles. The second-order valence-electron chi connectivity index (χ2n) is 8.82. The molecule has 0 bridgehead atoms. The number of aromatic nitrogens is 3. The minimum atomic E-state index is -2.79. The number of ether oxygens (including phenoxy) is 2. The Morgan fingerprint density at radius 2 is 2.00 bits per heavy atom. The predicted octanol–water partition coefficient (Wildman–Crippen LogP) is 2.82. The van der Waals surface area contributed by atoms with Gasteiger partial charge in [0.05, 0.1) is 24.0 Å². The molecule has 5 rings (SSSR count). The maximum absolute atomic E-state index is 13.7. The van der Waals surface area contributed by atoms with Gasteiger partial charge in [-0.2, -0.15) is 8.78 Å². The number of methoxy groups -OCH3 is 1. The summed E-state index contributed by atoms with van der Waals surface area (Å²) in [7, 11) is 1.62. The number of fused-ring (bicyclic) bond motifs is 1. The van der Waals surface area contributed by atoms with E-state index in [4.69, 9.17) is 9.47 Å². The van der Waals surface area contributed by atoms with Crippen LogP contribution in [0.4, 0.5) is 14.5 Å². The van der Waals surface area contributed by atoms with Gasteiger partial charge in [-0.05, 0) is 25.1 Å². The van der Waals surface area contributed by atoms with Gasteiger partial charge in [-0.25, -0.2) is 9.97 Å². The molecule has 2 saturated heterocycles. The highest BCUT2D eigenvalue weighted by Crippen LogP contribution is 2.36. The molecule has 2 fully saturated rings. The molecule has 2 N–H and O–H groups in total. The van der Waals surface area contributed by atoms with Crippen LogP contribution in [0.5, 0.6) is 11.6 Å². The second-order valence-corrected chi connectivity index (χ2v) is 8.82. The highest BCUT2D eigenvalue weighted by molar-refractivity contribution is 5.85.